The molecule has 2 aromatic heterocycles. The van der Waals surface area contributed by atoms with Crippen molar-refractivity contribution >= 4 is 51.7 Å². The number of benzene rings is 2. The highest BCUT2D eigenvalue weighted by molar-refractivity contribution is 6.39. The molecule has 1 aliphatic carbocycles. The van der Waals surface area contributed by atoms with Crippen LogP contribution in [0.2, 0.25) is 10.0 Å². The normalized spacial score (nSPS) is 22.2. The predicted octanol–water partition coefficient (Wildman–Crippen LogP) is 7.07. The van der Waals surface area contributed by atoms with Crippen LogP contribution < -0.4 is 4.90 Å². The van der Waals surface area contributed by atoms with Gasteiger partial charge in [-0.25, -0.2) is 9.59 Å². The van der Waals surface area contributed by atoms with Gasteiger partial charge in [-0.05, 0) is 56.0 Å². The van der Waals surface area contributed by atoms with Gasteiger partial charge in [0, 0.05) is 60.7 Å². The number of carbonyl (C=O) groups excluding carboxylic acids is 1. The molecule has 2 atom stereocenters. The number of carboxylic acids is 1. The van der Waals surface area contributed by atoms with Crippen LogP contribution in [0, 0.1) is 0 Å². The summed E-state index contributed by atoms with van der Waals surface area (Å²) in [5.74, 6) is -0.678. The van der Waals surface area contributed by atoms with E-state index in [0.717, 1.165) is 42.3 Å². The zero-order valence-electron chi connectivity index (χ0n) is 21.8. The number of aromatic nitrogens is 2. The lowest BCUT2D eigenvalue weighted by Gasteiger charge is -2.40. The van der Waals surface area contributed by atoms with Gasteiger partial charge in [0.05, 0.1) is 21.1 Å². The molecule has 3 fully saturated rings. The zero-order chi connectivity index (χ0) is 27.7. The lowest BCUT2D eigenvalue weighted by atomic mass is 9.98. The Balaban J connectivity index is 1.14. The summed E-state index contributed by atoms with van der Waals surface area (Å²) in [5, 5.41) is 15.3. The van der Waals surface area contributed by atoms with Crippen LogP contribution in [-0.4, -0.2) is 45.0 Å². The molecule has 0 spiro atoms. The molecule has 4 heterocycles. The average Bonchev–Trinajstić information content (AvgIpc) is 3.50. The fourth-order valence-corrected chi connectivity index (χ4v) is 7.15. The molecule has 8 nitrogen and oxygen atoms in total. The van der Waals surface area contributed by atoms with Crippen LogP contribution in [-0.2, 0) is 11.8 Å². The molecule has 2 aromatic carbocycles. The number of aromatic carboxylic acids is 1. The van der Waals surface area contributed by atoms with Gasteiger partial charge in [0.1, 0.15) is 17.4 Å². The number of hydrogen-bond donors (Lipinski definition) is 1. The van der Waals surface area contributed by atoms with E-state index >= 15 is 0 Å². The number of aryl methyl sites for hydroxylation is 1. The van der Waals surface area contributed by atoms with Crippen molar-refractivity contribution < 1.29 is 24.0 Å². The molecule has 2 bridgehead atoms. The maximum absolute atomic E-state index is 13.7. The monoisotopic (exact) mass is 579 g/mol. The number of halogens is 2. The molecule has 7 rings (SSSR count). The van der Waals surface area contributed by atoms with Gasteiger partial charge in [0.15, 0.2) is 5.76 Å². The molecule has 1 N–H and O–H groups in total. The summed E-state index contributed by atoms with van der Waals surface area (Å²) in [6.45, 7) is 0. The van der Waals surface area contributed by atoms with Gasteiger partial charge in [-0.3, -0.25) is 0 Å². The van der Waals surface area contributed by atoms with Crippen LogP contribution in [0.1, 0.15) is 70.9 Å². The molecule has 0 amide bonds. The molecule has 2 aliphatic heterocycles. The Labute approximate surface area is 240 Å². The summed E-state index contributed by atoms with van der Waals surface area (Å²) in [7, 11) is 1.86. The molecule has 10 heteroatoms. The molecule has 206 valence electrons. The summed E-state index contributed by atoms with van der Waals surface area (Å²) < 4.78 is 13.7. The second-order valence-electron chi connectivity index (χ2n) is 11.1. The molecule has 4 aromatic rings. The summed E-state index contributed by atoms with van der Waals surface area (Å²) >= 11 is 12.9. The molecule has 2 saturated heterocycles. The molecule has 3 aliphatic rings. The van der Waals surface area contributed by atoms with Crippen molar-refractivity contribution in [1.29, 1.82) is 0 Å². The van der Waals surface area contributed by atoms with Crippen molar-refractivity contribution in [2.45, 2.75) is 62.6 Å². The van der Waals surface area contributed by atoms with Crippen molar-refractivity contribution in [3.8, 4) is 11.3 Å². The van der Waals surface area contributed by atoms with E-state index in [1.807, 2.05) is 23.7 Å². The first-order chi connectivity index (χ1) is 19.3. The van der Waals surface area contributed by atoms with Gasteiger partial charge in [-0.1, -0.05) is 34.4 Å². The number of rotatable bonds is 6. The minimum Gasteiger partial charge on any atom is -0.478 e. The van der Waals surface area contributed by atoms with E-state index in [4.69, 9.17) is 32.5 Å². The third-order valence-electron chi connectivity index (χ3n) is 8.54. The van der Waals surface area contributed by atoms with Gasteiger partial charge in [-0.15, -0.1) is 0 Å². The van der Waals surface area contributed by atoms with Crippen molar-refractivity contribution in [3.63, 3.8) is 0 Å². The van der Waals surface area contributed by atoms with Crippen LogP contribution >= 0.6 is 23.2 Å². The Kier molecular flexibility index (Phi) is 6.09. The minimum absolute atomic E-state index is 0.150. The average molecular weight is 580 g/mol. The maximum atomic E-state index is 13.7. The Morgan fingerprint density at radius 3 is 2.40 bits per heavy atom. The van der Waals surface area contributed by atoms with Crippen molar-refractivity contribution in [2.75, 3.05) is 4.90 Å². The number of anilines is 1. The first-order valence-corrected chi connectivity index (χ1v) is 14.3. The van der Waals surface area contributed by atoms with Gasteiger partial charge < -0.3 is 23.8 Å². The van der Waals surface area contributed by atoms with Crippen LogP contribution in [0.5, 0.6) is 0 Å². The van der Waals surface area contributed by atoms with E-state index in [2.05, 4.69) is 16.1 Å². The second-order valence-corrected chi connectivity index (χ2v) is 11.9. The van der Waals surface area contributed by atoms with Crippen LogP contribution in [0.4, 0.5) is 5.69 Å². The van der Waals surface area contributed by atoms with Crippen LogP contribution in [0.25, 0.3) is 22.2 Å². The number of piperidine rings is 1. The van der Waals surface area contributed by atoms with Gasteiger partial charge in [0.25, 0.3) is 0 Å². The highest BCUT2D eigenvalue weighted by Crippen LogP contribution is 2.47. The zero-order valence-corrected chi connectivity index (χ0v) is 23.3. The summed E-state index contributed by atoms with van der Waals surface area (Å²) in [6, 6.07) is 11.6. The molecule has 2 unspecified atom stereocenters. The molecular weight excluding hydrogens is 553 g/mol. The second kappa shape index (κ2) is 9.56. The predicted molar refractivity (Wildman–Crippen MR) is 152 cm³/mol. The Hall–Kier alpha value is -3.49. The summed E-state index contributed by atoms with van der Waals surface area (Å²) in [5.41, 5.74) is 3.39. The van der Waals surface area contributed by atoms with E-state index in [1.54, 1.807) is 24.4 Å². The van der Waals surface area contributed by atoms with Gasteiger partial charge >= 0.3 is 11.9 Å². The summed E-state index contributed by atoms with van der Waals surface area (Å²) in [6.07, 6.45) is 6.72. The molecule has 0 radical (unpaired) electrons. The molecular formula is C30H27Cl2N3O5. The first-order valence-electron chi connectivity index (χ1n) is 13.6. The van der Waals surface area contributed by atoms with E-state index in [1.165, 1.54) is 0 Å². The van der Waals surface area contributed by atoms with Crippen molar-refractivity contribution in [1.82, 2.24) is 9.72 Å². The Morgan fingerprint density at radius 2 is 1.75 bits per heavy atom. The number of ether oxygens (including phenoxy) is 1. The van der Waals surface area contributed by atoms with E-state index in [9.17, 15) is 14.7 Å². The quantitative estimate of drug-likeness (QED) is 0.244. The molecule has 40 heavy (non-hydrogen) atoms. The fraction of sp³-hybridized carbons (Fsp3) is 0.367. The topological polar surface area (TPSA) is 97.8 Å². The highest BCUT2D eigenvalue weighted by Gasteiger charge is 2.44. The molecule has 1 saturated carbocycles. The number of fused-ring (bicyclic) bond motifs is 3. The van der Waals surface area contributed by atoms with E-state index in [0.29, 0.717) is 51.0 Å². The largest absolute Gasteiger partial charge is 0.478 e. The summed E-state index contributed by atoms with van der Waals surface area (Å²) in [4.78, 5) is 27.8. The number of esters is 1. The van der Waals surface area contributed by atoms with E-state index in [-0.39, 0.29) is 24.1 Å². The number of hydrogen-bond acceptors (Lipinski definition) is 6. The van der Waals surface area contributed by atoms with Crippen LogP contribution in [0.3, 0.4) is 0 Å². The first kappa shape index (κ1) is 25.5. The standard InChI is InChI=1S/C30H27Cl2N3O5/c1-34-14-21(29(36)37)20-10-9-18(13-24(20)34)35-16-7-8-17(35)12-19(11-16)39-30(38)26-27(33-40-28(26)15-5-6-15)25-22(31)3-2-4-23(25)32/h2-4,9-10,13-17,19H,5-8,11-12H2,1H3,(H,36,37). The smallest absolute Gasteiger partial charge is 0.344 e. The lowest BCUT2D eigenvalue weighted by Crippen LogP contribution is -2.46. The maximum Gasteiger partial charge on any atom is 0.344 e. The highest BCUT2D eigenvalue weighted by atomic mass is 35.5. The number of carboxylic acid groups (broad SMARTS) is 1. The van der Waals surface area contributed by atoms with E-state index < -0.39 is 11.9 Å². The Morgan fingerprint density at radius 1 is 1.05 bits per heavy atom. The fourth-order valence-electron chi connectivity index (χ4n) is 6.58. The number of nitrogens with zero attached hydrogens (tertiary/aromatic N) is 3. The van der Waals surface area contributed by atoms with Gasteiger partial charge in [-0.2, -0.15) is 0 Å². The Bertz CT molecular complexity index is 1640. The van der Waals surface area contributed by atoms with Crippen LogP contribution in [0.15, 0.2) is 47.1 Å². The van der Waals surface area contributed by atoms with Crippen molar-refractivity contribution in [3.05, 3.63) is 69.5 Å². The number of carbonyl (C=O) groups is 2. The lowest BCUT2D eigenvalue weighted by molar-refractivity contribution is 0.0202. The minimum atomic E-state index is -0.932. The van der Waals surface area contributed by atoms with Gasteiger partial charge in [0.2, 0.25) is 0 Å². The third-order valence-corrected chi connectivity index (χ3v) is 9.17. The van der Waals surface area contributed by atoms with Crippen molar-refractivity contribution in [2.24, 2.45) is 7.05 Å². The SMILES string of the molecule is Cn1cc(C(=O)O)c2ccc(N3C4CCC3CC(OC(=O)c3c(-c5c(Cl)cccc5Cl)noc3C3CC3)C4)cc21. The third kappa shape index (κ3) is 4.16.